The van der Waals surface area contributed by atoms with Crippen LogP contribution in [0.3, 0.4) is 0 Å². The van der Waals surface area contributed by atoms with Gasteiger partial charge in [-0.25, -0.2) is 0 Å². The van der Waals surface area contributed by atoms with Crippen molar-refractivity contribution in [3.8, 4) is 17.6 Å². The van der Waals surface area contributed by atoms with E-state index in [9.17, 15) is 0 Å². The molecule has 3 N–H and O–H groups in total. The molecule has 1 heterocycles. The molecule has 8 nitrogen and oxygen atoms in total. The lowest BCUT2D eigenvalue weighted by molar-refractivity contribution is 0.296. The lowest BCUT2D eigenvalue weighted by Crippen LogP contribution is -2.09. The standard InChI is InChI=1S/C18H16N6O2/c1-25-15-5-3-2-4-14(15)21-18-23-16(22-17(20)24-18)11-26-13-8-6-12(10-19)7-9-13/h2-9H,11H2,1H3,(H3,20,21,22,23,24). The second-order valence-corrected chi connectivity index (χ2v) is 5.18. The Bertz CT molecular complexity index is 937. The summed E-state index contributed by atoms with van der Waals surface area (Å²) in [6, 6.07) is 16.2. The number of methoxy groups -OCH3 is 1. The molecule has 0 amide bonds. The predicted molar refractivity (Wildman–Crippen MR) is 96.0 cm³/mol. The number of nitrogens with two attached hydrogens (primary N) is 1. The number of hydrogen-bond donors (Lipinski definition) is 2. The van der Waals surface area contributed by atoms with Crippen molar-refractivity contribution in [1.29, 1.82) is 5.26 Å². The van der Waals surface area contributed by atoms with Crippen LogP contribution >= 0.6 is 0 Å². The molecular weight excluding hydrogens is 332 g/mol. The van der Waals surface area contributed by atoms with Crippen LogP contribution < -0.4 is 20.5 Å². The number of aromatic nitrogens is 3. The molecular formula is C18H16N6O2. The highest BCUT2D eigenvalue weighted by atomic mass is 16.5. The topological polar surface area (TPSA) is 119 Å². The molecule has 0 atom stereocenters. The lowest BCUT2D eigenvalue weighted by Gasteiger charge is -2.11. The summed E-state index contributed by atoms with van der Waals surface area (Å²) in [7, 11) is 1.58. The van der Waals surface area contributed by atoms with Crippen LogP contribution in [-0.4, -0.2) is 22.1 Å². The van der Waals surface area contributed by atoms with Gasteiger partial charge in [0.2, 0.25) is 11.9 Å². The van der Waals surface area contributed by atoms with Crippen molar-refractivity contribution >= 4 is 17.6 Å². The minimum atomic E-state index is 0.0795. The number of hydrogen-bond acceptors (Lipinski definition) is 8. The third kappa shape index (κ3) is 4.15. The molecule has 3 rings (SSSR count). The lowest BCUT2D eigenvalue weighted by atomic mass is 10.2. The summed E-state index contributed by atoms with van der Waals surface area (Å²) in [5.41, 5.74) is 7.03. The van der Waals surface area contributed by atoms with E-state index < -0.39 is 0 Å². The largest absolute Gasteiger partial charge is 0.495 e. The molecule has 3 aromatic rings. The molecule has 0 bridgehead atoms. The number of nitrogens with one attached hydrogen (secondary N) is 1. The van der Waals surface area contributed by atoms with Gasteiger partial charge < -0.3 is 20.5 Å². The van der Waals surface area contributed by atoms with Crippen LogP contribution in [0.1, 0.15) is 11.4 Å². The molecule has 0 aliphatic carbocycles. The third-order valence-corrected chi connectivity index (χ3v) is 3.40. The molecule has 26 heavy (non-hydrogen) atoms. The van der Waals surface area contributed by atoms with E-state index in [1.54, 1.807) is 31.4 Å². The Morgan fingerprint density at radius 2 is 1.85 bits per heavy atom. The van der Waals surface area contributed by atoms with Crippen molar-refractivity contribution in [2.24, 2.45) is 0 Å². The second kappa shape index (κ2) is 7.81. The maximum absolute atomic E-state index is 8.81. The number of rotatable bonds is 6. The van der Waals surface area contributed by atoms with E-state index in [1.807, 2.05) is 24.3 Å². The van der Waals surface area contributed by atoms with Crippen molar-refractivity contribution in [3.05, 3.63) is 59.9 Å². The fourth-order valence-electron chi connectivity index (χ4n) is 2.20. The van der Waals surface area contributed by atoms with Gasteiger partial charge in [-0.2, -0.15) is 20.2 Å². The summed E-state index contributed by atoms with van der Waals surface area (Å²) < 4.78 is 10.9. The first-order valence-electron chi connectivity index (χ1n) is 7.71. The number of para-hydroxylation sites is 2. The fraction of sp³-hybridized carbons (Fsp3) is 0.111. The molecule has 0 saturated heterocycles. The Morgan fingerprint density at radius 1 is 1.08 bits per heavy atom. The molecule has 130 valence electrons. The Kier molecular flexibility index (Phi) is 5.10. The van der Waals surface area contributed by atoms with E-state index in [1.165, 1.54) is 0 Å². The normalized spacial score (nSPS) is 10.0. The van der Waals surface area contributed by atoms with Crippen LogP contribution in [0.2, 0.25) is 0 Å². The van der Waals surface area contributed by atoms with Gasteiger partial charge in [0.15, 0.2) is 5.82 Å². The number of nitrogen functional groups attached to an aromatic ring is 1. The molecule has 0 aliphatic rings. The number of nitriles is 1. The molecule has 0 radical (unpaired) electrons. The van der Waals surface area contributed by atoms with Gasteiger partial charge in [-0.05, 0) is 36.4 Å². The Labute approximate surface area is 150 Å². The minimum absolute atomic E-state index is 0.0795. The highest BCUT2D eigenvalue weighted by molar-refractivity contribution is 5.62. The summed E-state index contributed by atoms with van der Waals surface area (Å²) in [6.07, 6.45) is 0. The maximum atomic E-state index is 8.81. The molecule has 0 saturated carbocycles. The smallest absolute Gasteiger partial charge is 0.232 e. The summed E-state index contributed by atoms with van der Waals surface area (Å²) in [4.78, 5) is 12.5. The van der Waals surface area contributed by atoms with Gasteiger partial charge in [0.25, 0.3) is 0 Å². The predicted octanol–water partition coefficient (Wildman–Crippen LogP) is 2.66. The van der Waals surface area contributed by atoms with Crippen LogP contribution in [-0.2, 0) is 6.61 Å². The first-order valence-corrected chi connectivity index (χ1v) is 7.71. The zero-order valence-electron chi connectivity index (χ0n) is 14.0. The quantitative estimate of drug-likeness (QED) is 0.698. The van der Waals surface area contributed by atoms with Crippen LogP contribution in [0, 0.1) is 11.3 Å². The van der Waals surface area contributed by atoms with Gasteiger partial charge in [0, 0.05) is 0 Å². The van der Waals surface area contributed by atoms with Crippen molar-refractivity contribution in [3.63, 3.8) is 0 Å². The summed E-state index contributed by atoms with van der Waals surface area (Å²) >= 11 is 0. The number of benzene rings is 2. The molecule has 0 unspecified atom stereocenters. The molecule has 0 aliphatic heterocycles. The van der Waals surface area contributed by atoms with Gasteiger partial charge in [0.1, 0.15) is 18.1 Å². The average Bonchev–Trinajstić information content (AvgIpc) is 2.67. The maximum Gasteiger partial charge on any atom is 0.232 e. The Hall–Kier alpha value is -3.86. The average molecular weight is 348 g/mol. The van der Waals surface area contributed by atoms with Gasteiger partial charge in [-0.15, -0.1) is 0 Å². The number of anilines is 3. The molecule has 0 fully saturated rings. The van der Waals surface area contributed by atoms with E-state index in [-0.39, 0.29) is 12.6 Å². The van der Waals surface area contributed by atoms with Gasteiger partial charge in [-0.3, -0.25) is 0 Å². The van der Waals surface area contributed by atoms with Crippen molar-refractivity contribution in [2.45, 2.75) is 6.61 Å². The van der Waals surface area contributed by atoms with Crippen LogP contribution in [0.5, 0.6) is 11.5 Å². The Morgan fingerprint density at radius 3 is 2.58 bits per heavy atom. The zero-order valence-corrected chi connectivity index (χ0v) is 14.0. The monoisotopic (exact) mass is 348 g/mol. The SMILES string of the molecule is COc1ccccc1Nc1nc(N)nc(COc2ccc(C#N)cc2)n1. The van der Waals surface area contributed by atoms with Crippen LogP contribution in [0.4, 0.5) is 17.6 Å². The van der Waals surface area contributed by atoms with Crippen molar-refractivity contribution in [1.82, 2.24) is 15.0 Å². The number of ether oxygens (including phenoxy) is 2. The van der Waals surface area contributed by atoms with E-state index in [0.29, 0.717) is 34.5 Å². The van der Waals surface area contributed by atoms with E-state index in [4.69, 9.17) is 20.5 Å². The second-order valence-electron chi connectivity index (χ2n) is 5.18. The zero-order chi connectivity index (χ0) is 18.4. The van der Waals surface area contributed by atoms with Gasteiger partial charge in [-0.1, -0.05) is 12.1 Å². The van der Waals surface area contributed by atoms with Gasteiger partial charge in [0.05, 0.1) is 24.4 Å². The molecule has 1 aromatic heterocycles. The first-order chi connectivity index (χ1) is 12.7. The number of nitrogens with zero attached hydrogens (tertiary/aromatic N) is 4. The third-order valence-electron chi connectivity index (χ3n) is 3.40. The van der Waals surface area contributed by atoms with E-state index in [2.05, 4.69) is 26.3 Å². The van der Waals surface area contributed by atoms with Crippen LogP contribution in [0.25, 0.3) is 0 Å². The summed E-state index contributed by atoms with van der Waals surface area (Å²) in [5.74, 6) is 2.00. The first kappa shape index (κ1) is 17.0. The Balaban J connectivity index is 1.73. The van der Waals surface area contributed by atoms with Gasteiger partial charge >= 0.3 is 0 Å². The molecule has 0 spiro atoms. The van der Waals surface area contributed by atoms with E-state index >= 15 is 0 Å². The highest BCUT2D eigenvalue weighted by Crippen LogP contribution is 2.25. The highest BCUT2D eigenvalue weighted by Gasteiger charge is 2.08. The molecule has 2 aromatic carbocycles. The summed E-state index contributed by atoms with van der Waals surface area (Å²) in [5, 5.41) is 11.9. The van der Waals surface area contributed by atoms with Crippen molar-refractivity contribution < 1.29 is 9.47 Å². The fourth-order valence-corrected chi connectivity index (χ4v) is 2.20. The van der Waals surface area contributed by atoms with Crippen LogP contribution in [0.15, 0.2) is 48.5 Å². The molecule has 8 heteroatoms. The van der Waals surface area contributed by atoms with E-state index in [0.717, 1.165) is 0 Å². The summed E-state index contributed by atoms with van der Waals surface area (Å²) in [6.45, 7) is 0.110. The minimum Gasteiger partial charge on any atom is -0.495 e. The van der Waals surface area contributed by atoms with Crippen molar-refractivity contribution in [2.75, 3.05) is 18.2 Å².